The normalized spacial score (nSPS) is 17.2. The van der Waals surface area contributed by atoms with E-state index in [2.05, 4.69) is 0 Å². The van der Waals surface area contributed by atoms with Gasteiger partial charge < -0.3 is 18.6 Å². The van der Waals surface area contributed by atoms with Crippen LogP contribution in [0.2, 0.25) is 0 Å². The van der Waals surface area contributed by atoms with Crippen molar-refractivity contribution in [1.29, 1.82) is 0 Å². The van der Waals surface area contributed by atoms with Crippen molar-refractivity contribution >= 4 is 29.5 Å². The van der Waals surface area contributed by atoms with Gasteiger partial charge in [0.2, 0.25) is 0 Å². The zero-order valence-corrected chi connectivity index (χ0v) is 13.4. The van der Waals surface area contributed by atoms with Crippen LogP contribution in [0.15, 0.2) is 24.3 Å². The van der Waals surface area contributed by atoms with Gasteiger partial charge in [-0.3, -0.25) is 0 Å². The van der Waals surface area contributed by atoms with Crippen LogP contribution in [0, 0.1) is 0 Å². The zero-order chi connectivity index (χ0) is 15.9. The summed E-state index contributed by atoms with van der Waals surface area (Å²) in [4.78, 5) is 12.0. The number of hydrogen-bond acceptors (Lipinski definition) is 4. The smallest absolute Gasteiger partial charge is 0.461 e. The summed E-state index contributed by atoms with van der Waals surface area (Å²) in [5.74, 6) is -0.308. The van der Waals surface area contributed by atoms with E-state index in [1.165, 1.54) is 0 Å². The van der Waals surface area contributed by atoms with E-state index in [1.807, 2.05) is 49.7 Å². The fraction of sp³-hybridized carbons (Fsp3) is 0.438. The fourth-order valence-corrected chi connectivity index (χ4v) is 2.71. The van der Waals surface area contributed by atoms with E-state index < -0.39 is 0 Å². The van der Waals surface area contributed by atoms with Gasteiger partial charge in [0.15, 0.2) is 0 Å². The Labute approximate surface area is 130 Å². The van der Waals surface area contributed by atoms with Crippen LogP contribution in [0.25, 0.3) is 10.9 Å². The molecule has 3 rings (SSSR count). The summed E-state index contributed by atoms with van der Waals surface area (Å²) in [6.45, 7) is 6.75. The number of carbonyl (C=O) groups is 1. The third-order valence-electron chi connectivity index (χ3n) is 3.83. The first-order chi connectivity index (χ1) is 10.4. The predicted octanol–water partition coefficient (Wildman–Crippen LogP) is 1.88. The Hall–Kier alpha value is -1.79. The first-order valence-corrected chi connectivity index (χ1v) is 7.47. The first-order valence-electron chi connectivity index (χ1n) is 7.47. The number of nitrogens with zero attached hydrogens (tertiary/aromatic N) is 1. The lowest BCUT2D eigenvalue weighted by molar-refractivity contribution is 0.0516. The molecule has 0 spiro atoms. The van der Waals surface area contributed by atoms with E-state index in [4.69, 9.17) is 14.0 Å². The maximum atomic E-state index is 12.0. The van der Waals surface area contributed by atoms with Crippen LogP contribution in [0.1, 0.15) is 31.3 Å². The quantitative estimate of drug-likeness (QED) is 0.641. The Morgan fingerprint density at radius 1 is 1.41 bits per heavy atom. The lowest BCUT2D eigenvalue weighted by Crippen LogP contribution is -2.34. The molecule has 0 amide bonds. The highest BCUT2D eigenvalue weighted by atomic mass is 16.7. The van der Waals surface area contributed by atoms with Gasteiger partial charge in [-0.15, -0.1) is 0 Å². The highest BCUT2D eigenvalue weighted by Gasteiger charge is 2.38. The predicted molar refractivity (Wildman–Crippen MR) is 85.4 cm³/mol. The summed E-state index contributed by atoms with van der Waals surface area (Å²) < 4.78 is 18.5. The third kappa shape index (κ3) is 2.64. The number of rotatable bonds is 3. The van der Waals surface area contributed by atoms with E-state index in [-0.39, 0.29) is 18.7 Å². The molecule has 1 aromatic heterocycles. The van der Waals surface area contributed by atoms with Gasteiger partial charge in [0, 0.05) is 18.0 Å². The number of esters is 1. The number of aromatic nitrogens is 1. The molecule has 2 aromatic rings. The number of benzene rings is 1. The molecule has 1 aliphatic heterocycles. The van der Waals surface area contributed by atoms with Crippen LogP contribution in [0.5, 0.6) is 0 Å². The van der Waals surface area contributed by atoms with Gasteiger partial charge in [-0.1, -0.05) is 12.1 Å². The molecule has 1 saturated heterocycles. The summed E-state index contributed by atoms with van der Waals surface area (Å²) in [5.41, 5.74) is 2.21. The van der Waals surface area contributed by atoms with Gasteiger partial charge in [0.05, 0.1) is 18.8 Å². The van der Waals surface area contributed by atoms with Crippen LogP contribution in [0.4, 0.5) is 0 Å². The maximum absolute atomic E-state index is 12.0. The Bertz CT molecular complexity index is 722. The molecule has 1 fully saturated rings. The zero-order valence-electron chi connectivity index (χ0n) is 13.4. The van der Waals surface area contributed by atoms with Gasteiger partial charge in [-0.05, 0) is 38.4 Å². The van der Waals surface area contributed by atoms with Crippen molar-refractivity contribution in [2.75, 3.05) is 13.2 Å². The van der Waals surface area contributed by atoms with E-state index in [0.717, 1.165) is 16.4 Å². The average Bonchev–Trinajstić information content (AvgIpc) is 2.99. The molecule has 1 aromatic carbocycles. The van der Waals surface area contributed by atoms with Crippen molar-refractivity contribution in [3.8, 4) is 0 Å². The molecule has 0 bridgehead atoms. The summed E-state index contributed by atoms with van der Waals surface area (Å²) >= 11 is 0. The summed E-state index contributed by atoms with van der Waals surface area (Å²) in [6, 6.07) is 7.80. The summed E-state index contributed by atoms with van der Waals surface area (Å²) in [6.07, 6.45) is 0. The number of ether oxygens (including phenoxy) is 1. The summed E-state index contributed by atoms with van der Waals surface area (Å²) in [5, 5.41) is 0.972. The lowest BCUT2D eigenvalue weighted by Gasteiger charge is -2.15. The molecular formula is C16H20BNO4. The summed E-state index contributed by atoms with van der Waals surface area (Å²) in [7, 11) is 1.51. The highest BCUT2D eigenvalue weighted by Crippen LogP contribution is 2.22. The SMILES string of the molecule is CCOC(=O)c1cc2cc(B3OCC(C)(C)O3)ccc2n1C. The van der Waals surface area contributed by atoms with Crippen LogP contribution < -0.4 is 5.46 Å². The van der Waals surface area contributed by atoms with E-state index in [9.17, 15) is 4.79 Å². The van der Waals surface area contributed by atoms with Crippen LogP contribution in [0.3, 0.4) is 0 Å². The molecule has 2 heterocycles. The molecule has 0 unspecified atom stereocenters. The Morgan fingerprint density at radius 2 is 2.18 bits per heavy atom. The second-order valence-corrected chi connectivity index (χ2v) is 6.15. The monoisotopic (exact) mass is 301 g/mol. The Balaban J connectivity index is 1.95. The van der Waals surface area contributed by atoms with Crippen molar-refractivity contribution in [3.05, 3.63) is 30.0 Å². The number of carbonyl (C=O) groups excluding carboxylic acids is 1. The minimum atomic E-state index is -0.356. The topological polar surface area (TPSA) is 49.7 Å². The molecule has 1 aliphatic rings. The third-order valence-corrected chi connectivity index (χ3v) is 3.83. The molecule has 0 N–H and O–H groups in total. The van der Waals surface area contributed by atoms with Crippen LogP contribution >= 0.6 is 0 Å². The fourth-order valence-electron chi connectivity index (χ4n) is 2.71. The van der Waals surface area contributed by atoms with Crippen LogP contribution in [-0.2, 0) is 21.1 Å². The van der Waals surface area contributed by atoms with Crippen LogP contribution in [-0.4, -0.2) is 36.5 Å². The second kappa shape index (κ2) is 5.45. The first kappa shape index (κ1) is 15.1. The molecule has 0 saturated carbocycles. The van der Waals surface area contributed by atoms with Gasteiger partial charge in [0.25, 0.3) is 0 Å². The van der Waals surface area contributed by atoms with Crippen molar-refractivity contribution in [1.82, 2.24) is 4.57 Å². The number of hydrogen-bond donors (Lipinski definition) is 0. The molecule has 22 heavy (non-hydrogen) atoms. The Morgan fingerprint density at radius 3 is 2.82 bits per heavy atom. The van der Waals surface area contributed by atoms with E-state index >= 15 is 0 Å². The van der Waals surface area contributed by atoms with Crippen molar-refractivity contribution in [2.24, 2.45) is 7.05 Å². The minimum absolute atomic E-state index is 0.271. The molecular weight excluding hydrogens is 281 g/mol. The molecule has 6 heteroatoms. The van der Waals surface area contributed by atoms with E-state index in [0.29, 0.717) is 18.9 Å². The Kier molecular flexibility index (Phi) is 3.74. The number of aryl methyl sites for hydroxylation is 1. The molecule has 116 valence electrons. The average molecular weight is 301 g/mol. The van der Waals surface area contributed by atoms with Gasteiger partial charge in [-0.2, -0.15) is 0 Å². The standard InChI is InChI=1S/C16H20BNO4/c1-5-20-15(19)14-9-11-8-12(6-7-13(11)18(14)4)17-21-10-16(2,3)22-17/h6-9H,5,10H2,1-4H3. The lowest BCUT2D eigenvalue weighted by atomic mass is 9.79. The van der Waals surface area contributed by atoms with Crippen molar-refractivity contribution < 1.29 is 18.8 Å². The molecule has 5 nitrogen and oxygen atoms in total. The van der Waals surface area contributed by atoms with E-state index in [1.54, 1.807) is 6.92 Å². The maximum Gasteiger partial charge on any atom is 0.494 e. The molecule has 0 aliphatic carbocycles. The highest BCUT2D eigenvalue weighted by molar-refractivity contribution is 6.62. The second-order valence-electron chi connectivity index (χ2n) is 6.15. The largest absolute Gasteiger partial charge is 0.494 e. The molecule has 0 atom stereocenters. The van der Waals surface area contributed by atoms with Gasteiger partial charge >= 0.3 is 13.1 Å². The molecule has 0 radical (unpaired) electrons. The van der Waals surface area contributed by atoms with Gasteiger partial charge in [0.1, 0.15) is 5.69 Å². The minimum Gasteiger partial charge on any atom is -0.461 e. The van der Waals surface area contributed by atoms with Crippen molar-refractivity contribution in [3.63, 3.8) is 0 Å². The number of fused-ring (bicyclic) bond motifs is 1. The van der Waals surface area contributed by atoms with Gasteiger partial charge in [-0.25, -0.2) is 4.79 Å². The van der Waals surface area contributed by atoms with Crippen molar-refractivity contribution in [2.45, 2.75) is 26.4 Å².